The number of aromatic nitrogens is 1. The van der Waals surface area contributed by atoms with Crippen molar-refractivity contribution in [3.8, 4) is 10.8 Å². The third kappa shape index (κ3) is 2.88. The van der Waals surface area contributed by atoms with Crippen molar-refractivity contribution in [1.29, 1.82) is 0 Å². The van der Waals surface area contributed by atoms with Gasteiger partial charge in [-0.1, -0.05) is 6.07 Å². The van der Waals surface area contributed by atoms with E-state index in [1.54, 1.807) is 11.3 Å². The van der Waals surface area contributed by atoms with Gasteiger partial charge in [-0.25, -0.2) is 4.98 Å². The van der Waals surface area contributed by atoms with Gasteiger partial charge in [0, 0.05) is 19.1 Å². The fraction of sp³-hybridized carbons (Fsp3) is 0.500. The van der Waals surface area contributed by atoms with Gasteiger partial charge < -0.3 is 9.52 Å². The van der Waals surface area contributed by atoms with Crippen LogP contribution in [-0.2, 0) is 6.54 Å². The first-order valence-corrected chi connectivity index (χ1v) is 7.51. The summed E-state index contributed by atoms with van der Waals surface area (Å²) in [5, 5.41) is 11.2. The molecule has 3 rings (SSSR count). The van der Waals surface area contributed by atoms with Gasteiger partial charge in [0.05, 0.1) is 17.2 Å². The van der Waals surface area contributed by atoms with Gasteiger partial charge in [0.2, 0.25) is 5.89 Å². The van der Waals surface area contributed by atoms with Crippen LogP contribution in [0.25, 0.3) is 10.8 Å². The Hall–Kier alpha value is -1.17. The summed E-state index contributed by atoms with van der Waals surface area (Å²) in [7, 11) is 0. The summed E-state index contributed by atoms with van der Waals surface area (Å²) in [5.41, 5.74) is 0.990. The van der Waals surface area contributed by atoms with Gasteiger partial charge in [-0.15, -0.1) is 11.3 Å². The van der Waals surface area contributed by atoms with Crippen molar-refractivity contribution < 1.29 is 9.52 Å². The van der Waals surface area contributed by atoms with E-state index in [4.69, 9.17) is 9.52 Å². The average molecular weight is 278 g/mol. The quantitative estimate of drug-likeness (QED) is 0.882. The molecule has 5 heteroatoms. The zero-order valence-electron chi connectivity index (χ0n) is 11.0. The van der Waals surface area contributed by atoms with Crippen LogP contribution in [0.5, 0.6) is 0 Å². The lowest BCUT2D eigenvalue weighted by atomic mass is 10.3. The second-order valence-corrected chi connectivity index (χ2v) is 5.87. The fourth-order valence-electron chi connectivity index (χ4n) is 2.23. The molecule has 102 valence electrons. The molecule has 1 N–H and O–H groups in total. The molecular weight excluding hydrogens is 260 g/mol. The molecule has 2 heterocycles. The molecule has 2 aromatic heterocycles. The molecule has 0 aromatic carbocycles. The molecule has 0 aliphatic heterocycles. The Balaban J connectivity index is 1.77. The summed E-state index contributed by atoms with van der Waals surface area (Å²) in [6.07, 6.45) is 2.46. The van der Waals surface area contributed by atoms with E-state index < -0.39 is 0 Å². The highest BCUT2D eigenvalue weighted by atomic mass is 32.1. The van der Waals surface area contributed by atoms with E-state index in [-0.39, 0.29) is 6.61 Å². The van der Waals surface area contributed by atoms with Gasteiger partial charge in [-0.05, 0) is 31.2 Å². The molecule has 4 nitrogen and oxygen atoms in total. The minimum absolute atomic E-state index is 0.200. The maximum atomic E-state index is 9.13. The first-order valence-electron chi connectivity index (χ1n) is 6.63. The van der Waals surface area contributed by atoms with Crippen molar-refractivity contribution in [2.75, 3.05) is 13.2 Å². The van der Waals surface area contributed by atoms with Gasteiger partial charge >= 0.3 is 0 Å². The van der Waals surface area contributed by atoms with E-state index in [0.29, 0.717) is 18.5 Å². The molecule has 1 saturated carbocycles. The van der Waals surface area contributed by atoms with Crippen molar-refractivity contribution in [1.82, 2.24) is 9.88 Å². The lowest BCUT2D eigenvalue weighted by Gasteiger charge is -2.19. The molecule has 0 amide bonds. The third-order valence-corrected chi connectivity index (χ3v) is 4.29. The number of nitrogens with zero attached hydrogens (tertiary/aromatic N) is 2. The molecule has 0 radical (unpaired) electrons. The monoisotopic (exact) mass is 278 g/mol. The summed E-state index contributed by atoms with van der Waals surface area (Å²) in [4.78, 5) is 7.96. The molecule has 0 saturated heterocycles. The third-order valence-electron chi connectivity index (χ3n) is 3.43. The second kappa shape index (κ2) is 5.45. The van der Waals surface area contributed by atoms with Gasteiger partial charge in [0.25, 0.3) is 0 Å². The lowest BCUT2D eigenvalue weighted by Crippen LogP contribution is -2.29. The Morgan fingerprint density at radius 1 is 1.53 bits per heavy atom. The van der Waals surface area contributed by atoms with Gasteiger partial charge in [-0.3, -0.25) is 4.90 Å². The average Bonchev–Trinajstić information content (AvgIpc) is 2.96. The number of thiophene rings is 1. The molecule has 0 bridgehead atoms. The molecule has 1 aliphatic rings. The minimum atomic E-state index is 0.200. The van der Waals surface area contributed by atoms with E-state index in [1.807, 2.05) is 24.4 Å². The number of aliphatic hydroxyl groups excluding tert-OH is 1. The van der Waals surface area contributed by atoms with Crippen LogP contribution in [0.15, 0.2) is 21.9 Å². The predicted octanol–water partition coefficient (Wildman–Crippen LogP) is 2.67. The second-order valence-electron chi connectivity index (χ2n) is 4.92. The van der Waals surface area contributed by atoms with E-state index in [9.17, 15) is 0 Å². The summed E-state index contributed by atoms with van der Waals surface area (Å²) < 4.78 is 5.75. The van der Waals surface area contributed by atoms with Gasteiger partial charge in [0.15, 0.2) is 0 Å². The highest BCUT2D eigenvalue weighted by Gasteiger charge is 2.29. The van der Waals surface area contributed by atoms with Crippen LogP contribution in [-0.4, -0.2) is 34.2 Å². The molecule has 0 atom stereocenters. The predicted molar refractivity (Wildman–Crippen MR) is 75.1 cm³/mol. The minimum Gasteiger partial charge on any atom is -0.440 e. The summed E-state index contributed by atoms with van der Waals surface area (Å²) in [5.74, 6) is 1.59. The summed E-state index contributed by atoms with van der Waals surface area (Å²) >= 11 is 1.64. The van der Waals surface area contributed by atoms with Crippen molar-refractivity contribution in [2.24, 2.45) is 0 Å². The van der Waals surface area contributed by atoms with Crippen LogP contribution in [0, 0.1) is 6.92 Å². The van der Waals surface area contributed by atoms with E-state index in [2.05, 4.69) is 9.88 Å². The standard InChI is InChI=1S/C14H18N2O2S/c1-10-12(9-16(6-7-17)11-4-5-11)15-14(18-10)13-3-2-8-19-13/h2-3,8,11,17H,4-7,9H2,1H3. The maximum Gasteiger partial charge on any atom is 0.236 e. The fourth-order valence-corrected chi connectivity index (χ4v) is 2.88. The molecule has 0 spiro atoms. The highest BCUT2D eigenvalue weighted by molar-refractivity contribution is 7.13. The van der Waals surface area contributed by atoms with Gasteiger partial charge in [0.1, 0.15) is 5.76 Å². The van der Waals surface area contributed by atoms with Gasteiger partial charge in [-0.2, -0.15) is 0 Å². The lowest BCUT2D eigenvalue weighted by molar-refractivity contribution is 0.181. The van der Waals surface area contributed by atoms with Crippen LogP contribution in [0.2, 0.25) is 0 Å². The number of rotatable bonds is 6. The smallest absolute Gasteiger partial charge is 0.236 e. The van der Waals surface area contributed by atoms with Crippen LogP contribution in [0.1, 0.15) is 24.3 Å². The van der Waals surface area contributed by atoms with E-state index in [1.165, 1.54) is 12.8 Å². The Morgan fingerprint density at radius 2 is 2.37 bits per heavy atom. The SMILES string of the molecule is Cc1oc(-c2cccs2)nc1CN(CCO)C1CC1. The van der Waals surface area contributed by atoms with Crippen molar-refractivity contribution in [2.45, 2.75) is 32.4 Å². The Bertz CT molecular complexity index is 532. The maximum absolute atomic E-state index is 9.13. The molecule has 19 heavy (non-hydrogen) atoms. The zero-order valence-corrected chi connectivity index (χ0v) is 11.8. The molecule has 1 fully saturated rings. The number of oxazole rings is 1. The van der Waals surface area contributed by atoms with E-state index in [0.717, 1.165) is 22.9 Å². The topological polar surface area (TPSA) is 49.5 Å². The first kappa shape index (κ1) is 12.8. The zero-order chi connectivity index (χ0) is 13.2. The molecule has 2 aromatic rings. The number of hydrogen-bond donors (Lipinski definition) is 1. The van der Waals surface area contributed by atoms with Crippen LogP contribution >= 0.6 is 11.3 Å². The number of aliphatic hydroxyl groups is 1. The number of hydrogen-bond acceptors (Lipinski definition) is 5. The molecule has 1 aliphatic carbocycles. The van der Waals surface area contributed by atoms with Crippen LogP contribution in [0.4, 0.5) is 0 Å². The van der Waals surface area contributed by atoms with Crippen molar-refractivity contribution >= 4 is 11.3 Å². The number of aryl methyl sites for hydroxylation is 1. The largest absolute Gasteiger partial charge is 0.440 e. The van der Waals surface area contributed by atoms with Crippen LogP contribution < -0.4 is 0 Å². The molecule has 0 unspecified atom stereocenters. The van der Waals surface area contributed by atoms with E-state index >= 15 is 0 Å². The van der Waals surface area contributed by atoms with Crippen molar-refractivity contribution in [3.63, 3.8) is 0 Å². The summed E-state index contributed by atoms with van der Waals surface area (Å²) in [6, 6.07) is 4.64. The Morgan fingerprint density at radius 3 is 3.00 bits per heavy atom. The highest BCUT2D eigenvalue weighted by Crippen LogP contribution is 2.30. The normalized spacial score (nSPS) is 15.3. The van der Waals surface area contributed by atoms with Crippen molar-refractivity contribution in [3.05, 3.63) is 29.0 Å². The Kier molecular flexibility index (Phi) is 3.68. The Labute approximate surface area is 116 Å². The summed E-state index contributed by atoms with van der Waals surface area (Å²) in [6.45, 7) is 3.64. The first-order chi connectivity index (χ1) is 9.28. The van der Waals surface area contributed by atoms with Crippen LogP contribution in [0.3, 0.4) is 0 Å². The molecular formula is C14H18N2O2S.